The summed E-state index contributed by atoms with van der Waals surface area (Å²) in [5.41, 5.74) is 0.914. The SMILES string of the molecule is CCOC(=O)Cn1c(=NC(=O)Cc2ccc([N+](=O)[O-])cc2)sc2cc(S(N)(=O)=O)ccc21. The van der Waals surface area contributed by atoms with Crippen LogP contribution in [0.5, 0.6) is 0 Å². The average molecular weight is 479 g/mol. The number of carbonyl (C=O) groups is 2. The zero-order valence-electron chi connectivity index (χ0n) is 16.8. The molecule has 0 aliphatic rings. The molecule has 2 N–H and O–H groups in total. The van der Waals surface area contributed by atoms with E-state index >= 15 is 0 Å². The standard InChI is InChI=1S/C19H18N4O7S2/c1-2-30-18(25)11-22-15-8-7-14(32(20,28)29)10-16(15)31-19(22)21-17(24)9-12-3-5-13(6-4-12)23(26)27/h3-8,10H,2,9,11H2,1H3,(H2,20,28,29). The molecule has 3 aromatic rings. The number of benzene rings is 2. The third-order valence-electron chi connectivity index (χ3n) is 4.30. The van der Waals surface area contributed by atoms with Gasteiger partial charge in [0.05, 0.1) is 33.1 Å². The van der Waals surface area contributed by atoms with Gasteiger partial charge in [-0.15, -0.1) is 0 Å². The van der Waals surface area contributed by atoms with E-state index in [4.69, 9.17) is 9.88 Å². The van der Waals surface area contributed by atoms with E-state index in [0.29, 0.717) is 15.8 Å². The molecule has 13 heteroatoms. The minimum Gasteiger partial charge on any atom is -0.465 e. The van der Waals surface area contributed by atoms with E-state index < -0.39 is 26.8 Å². The molecular formula is C19H18N4O7S2. The summed E-state index contributed by atoms with van der Waals surface area (Å²) in [5.74, 6) is -1.10. The number of non-ortho nitro benzene ring substituents is 1. The Labute approximate surface area is 186 Å². The molecule has 0 atom stereocenters. The summed E-state index contributed by atoms with van der Waals surface area (Å²) in [4.78, 5) is 38.9. The predicted molar refractivity (Wildman–Crippen MR) is 115 cm³/mol. The first kappa shape index (κ1) is 23.2. The largest absolute Gasteiger partial charge is 0.465 e. The highest BCUT2D eigenvalue weighted by atomic mass is 32.2. The molecule has 32 heavy (non-hydrogen) atoms. The zero-order chi connectivity index (χ0) is 23.5. The van der Waals surface area contributed by atoms with Gasteiger partial charge in [-0.25, -0.2) is 13.6 Å². The fourth-order valence-electron chi connectivity index (χ4n) is 2.86. The molecule has 2 aromatic carbocycles. The highest BCUT2D eigenvalue weighted by Gasteiger charge is 2.16. The summed E-state index contributed by atoms with van der Waals surface area (Å²) in [6, 6.07) is 9.62. The lowest BCUT2D eigenvalue weighted by molar-refractivity contribution is -0.384. The third kappa shape index (κ3) is 5.43. The molecule has 0 fully saturated rings. The van der Waals surface area contributed by atoms with Gasteiger partial charge in [-0.3, -0.25) is 19.7 Å². The second-order valence-electron chi connectivity index (χ2n) is 6.56. The van der Waals surface area contributed by atoms with E-state index in [1.807, 2.05) is 0 Å². The van der Waals surface area contributed by atoms with E-state index in [2.05, 4.69) is 4.99 Å². The maximum atomic E-state index is 12.5. The zero-order valence-corrected chi connectivity index (χ0v) is 18.4. The van der Waals surface area contributed by atoms with E-state index in [0.717, 1.165) is 11.3 Å². The number of fused-ring (bicyclic) bond motifs is 1. The van der Waals surface area contributed by atoms with Crippen molar-refractivity contribution in [1.29, 1.82) is 0 Å². The van der Waals surface area contributed by atoms with Crippen LogP contribution in [0.2, 0.25) is 0 Å². The van der Waals surface area contributed by atoms with Gasteiger partial charge >= 0.3 is 5.97 Å². The number of aromatic nitrogens is 1. The van der Waals surface area contributed by atoms with Gasteiger partial charge in [-0.1, -0.05) is 23.5 Å². The van der Waals surface area contributed by atoms with Gasteiger partial charge in [0.2, 0.25) is 10.0 Å². The number of sulfonamides is 1. The minimum atomic E-state index is -3.94. The molecule has 0 aliphatic heterocycles. The van der Waals surface area contributed by atoms with Crippen LogP contribution in [0, 0.1) is 10.1 Å². The van der Waals surface area contributed by atoms with E-state index in [9.17, 15) is 28.1 Å². The van der Waals surface area contributed by atoms with Crippen molar-refractivity contribution >= 4 is 49.1 Å². The first-order valence-electron chi connectivity index (χ1n) is 9.21. The normalized spacial score (nSPS) is 12.1. The highest BCUT2D eigenvalue weighted by molar-refractivity contribution is 7.89. The number of carbonyl (C=O) groups excluding carboxylic acids is 2. The van der Waals surface area contributed by atoms with Crippen molar-refractivity contribution in [3.8, 4) is 0 Å². The van der Waals surface area contributed by atoms with Crippen LogP contribution >= 0.6 is 11.3 Å². The van der Waals surface area contributed by atoms with Crippen LogP contribution in [-0.2, 0) is 37.3 Å². The van der Waals surface area contributed by atoms with Crippen LogP contribution < -0.4 is 9.94 Å². The number of nitrogens with zero attached hydrogens (tertiary/aromatic N) is 3. The second-order valence-corrected chi connectivity index (χ2v) is 9.13. The Morgan fingerprint density at radius 1 is 1.22 bits per heavy atom. The Morgan fingerprint density at radius 3 is 2.50 bits per heavy atom. The van der Waals surface area contributed by atoms with Gasteiger partial charge in [0.1, 0.15) is 6.54 Å². The molecule has 0 radical (unpaired) electrons. The Hall–Kier alpha value is -3.42. The van der Waals surface area contributed by atoms with Gasteiger partial charge in [-0.05, 0) is 30.7 Å². The molecule has 1 amide bonds. The van der Waals surface area contributed by atoms with Crippen molar-refractivity contribution in [2.45, 2.75) is 24.8 Å². The smallest absolute Gasteiger partial charge is 0.326 e. The lowest BCUT2D eigenvalue weighted by Gasteiger charge is -2.05. The van der Waals surface area contributed by atoms with E-state index in [1.54, 1.807) is 6.92 Å². The number of nitro benzene ring substituents is 1. The number of primary sulfonamides is 1. The Kier molecular flexibility index (Phi) is 6.81. The number of ether oxygens (including phenoxy) is 1. The van der Waals surface area contributed by atoms with Crippen LogP contribution in [-0.4, -0.2) is 36.4 Å². The summed E-state index contributed by atoms with van der Waals surface area (Å²) < 4.78 is 30.2. The van der Waals surface area contributed by atoms with Gasteiger partial charge < -0.3 is 9.30 Å². The second kappa shape index (κ2) is 9.38. The number of hydrogen-bond donors (Lipinski definition) is 1. The lowest BCUT2D eigenvalue weighted by atomic mass is 10.1. The number of nitro groups is 1. The molecule has 3 rings (SSSR count). The first-order chi connectivity index (χ1) is 15.1. The average Bonchev–Trinajstić information content (AvgIpc) is 3.04. The molecule has 168 valence electrons. The van der Waals surface area contributed by atoms with Crippen molar-refractivity contribution in [1.82, 2.24) is 4.57 Å². The number of nitrogens with two attached hydrogens (primary N) is 1. The van der Waals surface area contributed by atoms with Crippen molar-refractivity contribution in [3.05, 3.63) is 62.9 Å². The molecule has 0 unspecified atom stereocenters. The molecule has 0 aliphatic carbocycles. The van der Waals surface area contributed by atoms with Gasteiger partial charge in [0.15, 0.2) is 4.80 Å². The molecule has 0 saturated heterocycles. The molecule has 0 bridgehead atoms. The predicted octanol–water partition coefficient (Wildman–Crippen LogP) is 1.49. The summed E-state index contributed by atoms with van der Waals surface area (Å²) in [6.07, 6.45) is -0.117. The van der Waals surface area contributed by atoms with Gasteiger partial charge in [0.25, 0.3) is 11.6 Å². The third-order valence-corrected chi connectivity index (χ3v) is 6.25. The number of hydrogen-bond acceptors (Lipinski definition) is 8. The van der Waals surface area contributed by atoms with Crippen molar-refractivity contribution < 1.29 is 27.7 Å². The Balaban J connectivity index is 2.01. The summed E-state index contributed by atoms with van der Waals surface area (Å²) in [6.45, 7) is 1.60. The van der Waals surface area contributed by atoms with Gasteiger partial charge in [0, 0.05) is 12.1 Å². The lowest BCUT2D eigenvalue weighted by Crippen LogP contribution is -2.23. The molecule has 11 nitrogen and oxygen atoms in total. The maximum absolute atomic E-state index is 12.5. The summed E-state index contributed by atoms with van der Waals surface area (Å²) in [5, 5.41) is 15.9. The number of thiazole rings is 1. The highest BCUT2D eigenvalue weighted by Crippen LogP contribution is 2.21. The Bertz CT molecular complexity index is 1370. The van der Waals surface area contributed by atoms with Gasteiger partial charge in [-0.2, -0.15) is 4.99 Å². The summed E-state index contributed by atoms with van der Waals surface area (Å²) in [7, 11) is -3.94. The Morgan fingerprint density at radius 2 is 1.91 bits per heavy atom. The van der Waals surface area contributed by atoms with E-state index in [1.165, 1.54) is 47.0 Å². The van der Waals surface area contributed by atoms with Crippen LogP contribution in [0.1, 0.15) is 12.5 Å². The van der Waals surface area contributed by atoms with Crippen molar-refractivity contribution in [2.75, 3.05) is 6.61 Å². The monoisotopic (exact) mass is 478 g/mol. The minimum absolute atomic E-state index is 0.0967. The molecule has 1 heterocycles. The van der Waals surface area contributed by atoms with E-state index in [-0.39, 0.29) is 35.0 Å². The molecule has 1 aromatic heterocycles. The number of amides is 1. The summed E-state index contributed by atoms with van der Waals surface area (Å²) >= 11 is 1.02. The van der Waals surface area contributed by atoms with Crippen molar-refractivity contribution in [2.24, 2.45) is 10.1 Å². The maximum Gasteiger partial charge on any atom is 0.326 e. The topological polar surface area (TPSA) is 164 Å². The van der Waals surface area contributed by atoms with Crippen LogP contribution in [0.3, 0.4) is 0 Å². The molecule has 0 saturated carbocycles. The fraction of sp³-hybridized carbons (Fsp3) is 0.211. The number of rotatable bonds is 7. The molecule has 0 spiro atoms. The van der Waals surface area contributed by atoms with Crippen LogP contribution in [0.4, 0.5) is 5.69 Å². The fourth-order valence-corrected chi connectivity index (χ4v) is 4.56. The van der Waals surface area contributed by atoms with Crippen LogP contribution in [0.25, 0.3) is 10.2 Å². The quantitative estimate of drug-likeness (QED) is 0.305. The number of esters is 1. The van der Waals surface area contributed by atoms with Crippen molar-refractivity contribution in [3.63, 3.8) is 0 Å². The molecular weight excluding hydrogens is 460 g/mol. The van der Waals surface area contributed by atoms with Crippen LogP contribution in [0.15, 0.2) is 52.4 Å². The first-order valence-corrected chi connectivity index (χ1v) is 11.6.